The zero-order chi connectivity index (χ0) is 13.2. The lowest BCUT2D eigenvalue weighted by Gasteiger charge is -2.05. The highest BCUT2D eigenvalue weighted by atomic mass is 35.7. The van der Waals surface area contributed by atoms with E-state index >= 15 is 0 Å². The third-order valence-electron chi connectivity index (χ3n) is 2.21. The van der Waals surface area contributed by atoms with E-state index in [9.17, 15) is 8.42 Å². The molecule has 0 saturated heterocycles. The first-order valence-corrected chi connectivity index (χ1v) is 7.41. The van der Waals surface area contributed by atoms with E-state index in [2.05, 4.69) is 4.98 Å². The van der Waals surface area contributed by atoms with Crippen LogP contribution in [0.1, 0.15) is 5.56 Å². The molecule has 0 aliphatic carbocycles. The highest BCUT2D eigenvalue weighted by molar-refractivity contribution is 8.13. The van der Waals surface area contributed by atoms with Gasteiger partial charge in [0.25, 0.3) is 9.05 Å². The minimum Gasteiger partial charge on any atom is -0.439 e. The molecule has 0 atom stereocenters. The van der Waals surface area contributed by atoms with Crippen molar-refractivity contribution < 1.29 is 13.2 Å². The van der Waals surface area contributed by atoms with E-state index in [0.29, 0.717) is 11.6 Å². The van der Waals surface area contributed by atoms with E-state index in [4.69, 9.17) is 15.4 Å². The Bertz CT molecular complexity index is 636. The lowest BCUT2D eigenvalue weighted by atomic mass is 10.3. The first kappa shape index (κ1) is 12.9. The van der Waals surface area contributed by atoms with Crippen LogP contribution in [0, 0.1) is 6.92 Å². The molecule has 0 aliphatic rings. The summed E-state index contributed by atoms with van der Waals surface area (Å²) < 4.78 is 27.6. The van der Waals surface area contributed by atoms with Crippen LogP contribution in [0.3, 0.4) is 0 Å². The topological polar surface area (TPSA) is 56.3 Å². The number of benzene rings is 1. The second kappa shape index (κ2) is 4.96. The van der Waals surface area contributed by atoms with Crippen molar-refractivity contribution in [3.63, 3.8) is 0 Å². The zero-order valence-electron chi connectivity index (χ0n) is 9.50. The SMILES string of the molecule is Cc1ccc(Oc2ccc(S(=O)(=O)Cl)cc2)nc1. The first-order valence-electron chi connectivity index (χ1n) is 5.10. The van der Waals surface area contributed by atoms with Gasteiger partial charge >= 0.3 is 0 Å². The van der Waals surface area contributed by atoms with E-state index in [1.54, 1.807) is 12.3 Å². The molecule has 0 spiro atoms. The predicted molar refractivity (Wildman–Crippen MR) is 68.5 cm³/mol. The van der Waals surface area contributed by atoms with Gasteiger partial charge in [0.1, 0.15) is 5.75 Å². The number of nitrogens with zero attached hydrogens (tertiary/aromatic N) is 1. The van der Waals surface area contributed by atoms with Crippen LogP contribution >= 0.6 is 10.7 Å². The summed E-state index contributed by atoms with van der Waals surface area (Å²) in [5.41, 5.74) is 1.03. The Morgan fingerprint density at radius 2 is 1.78 bits per heavy atom. The number of aromatic nitrogens is 1. The fourth-order valence-electron chi connectivity index (χ4n) is 1.31. The van der Waals surface area contributed by atoms with Crippen LogP contribution < -0.4 is 4.74 Å². The smallest absolute Gasteiger partial charge is 0.261 e. The maximum atomic E-state index is 11.1. The number of aryl methyl sites for hydroxylation is 1. The molecule has 94 valence electrons. The lowest BCUT2D eigenvalue weighted by Crippen LogP contribution is -1.91. The molecule has 0 unspecified atom stereocenters. The molecule has 1 aromatic carbocycles. The Balaban J connectivity index is 2.18. The highest BCUT2D eigenvalue weighted by Crippen LogP contribution is 2.22. The molecule has 0 fully saturated rings. The van der Waals surface area contributed by atoms with Gasteiger partial charge in [-0.2, -0.15) is 0 Å². The molecular weight excluding hydrogens is 274 g/mol. The first-order chi connectivity index (χ1) is 8.45. The molecule has 4 nitrogen and oxygen atoms in total. The van der Waals surface area contributed by atoms with E-state index < -0.39 is 9.05 Å². The largest absolute Gasteiger partial charge is 0.439 e. The summed E-state index contributed by atoms with van der Waals surface area (Å²) in [6.45, 7) is 1.93. The second-order valence-corrected chi connectivity index (χ2v) is 6.25. The van der Waals surface area contributed by atoms with Crippen LogP contribution in [0.15, 0.2) is 47.5 Å². The van der Waals surface area contributed by atoms with Gasteiger partial charge in [0.2, 0.25) is 5.88 Å². The third kappa shape index (κ3) is 3.21. The summed E-state index contributed by atoms with van der Waals surface area (Å²) in [5.74, 6) is 0.942. The van der Waals surface area contributed by atoms with Crippen LogP contribution in [0.5, 0.6) is 11.6 Å². The maximum absolute atomic E-state index is 11.1. The number of hydrogen-bond donors (Lipinski definition) is 0. The Hall–Kier alpha value is -1.59. The van der Waals surface area contributed by atoms with Gasteiger partial charge in [0.15, 0.2) is 0 Å². The molecule has 0 amide bonds. The fourth-order valence-corrected chi connectivity index (χ4v) is 2.08. The Morgan fingerprint density at radius 3 is 2.28 bits per heavy atom. The molecule has 2 rings (SSSR count). The molecular formula is C12H10ClNO3S. The van der Waals surface area contributed by atoms with Crippen LogP contribution in [0.2, 0.25) is 0 Å². The summed E-state index contributed by atoms with van der Waals surface area (Å²) >= 11 is 0. The lowest BCUT2D eigenvalue weighted by molar-refractivity contribution is 0.462. The van der Waals surface area contributed by atoms with Crippen molar-refractivity contribution in [2.45, 2.75) is 11.8 Å². The highest BCUT2D eigenvalue weighted by Gasteiger charge is 2.09. The predicted octanol–water partition coefficient (Wildman–Crippen LogP) is 3.11. The third-order valence-corrected chi connectivity index (χ3v) is 3.58. The van der Waals surface area contributed by atoms with Crippen LogP contribution in [-0.4, -0.2) is 13.4 Å². The van der Waals surface area contributed by atoms with E-state index in [0.717, 1.165) is 5.56 Å². The van der Waals surface area contributed by atoms with E-state index in [-0.39, 0.29) is 4.90 Å². The van der Waals surface area contributed by atoms with Gasteiger partial charge < -0.3 is 4.74 Å². The minimum absolute atomic E-state index is 0.0355. The number of hydrogen-bond acceptors (Lipinski definition) is 4. The van der Waals surface area contributed by atoms with Gasteiger partial charge in [-0.15, -0.1) is 0 Å². The zero-order valence-corrected chi connectivity index (χ0v) is 11.1. The van der Waals surface area contributed by atoms with Crippen LogP contribution in [-0.2, 0) is 9.05 Å². The van der Waals surface area contributed by atoms with Gasteiger partial charge in [-0.3, -0.25) is 0 Å². The normalized spacial score (nSPS) is 11.2. The summed E-state index contributed by atoms with van der Waals surface area (Å²) in [4.78, 5) is 4.11. The van der Waals surface area contributed by atoms with Gasteiger partial charge in [0, 0.05) is 22.9 Å². The monoisotopic (exact) mass is 283 g/mol. The minimum atomic E-state index is -3.70. The number of rotatable bonds is 3. The standard InChI is InChI=1S/C12H10ClNO3S/c1-9-2-7-12(14-8-9)17-10-3-5-11(6-4-10)18(13,15)16/h2-8H,1H3. The molecule has 0 radical (unpaired) electrons. The van der Waals surface area contributed by atoms with E-state index in [1.165, 1.54) is 24.3 Å². The van der Waals surface area contributed by atoms with Gasteiger partial charge in [-0.1, -0.05) is 6.07 Å². The summed E-state index contributed by atoms with van der Waals surface area (Å²) in [5, 5.41) is 0. The molecule has 2 aromatic rings. The number of pyridine rings is 1. The average molecular weight is 284 g/mol. The van der Waals surface area contributed by atoms with Crippen molar-refractivity contribution in [3.05, 3.63) is 48.2 Å². The molecule has 6 heteroatoms. The van der Waals surface area contributed by atoms with E-state index in [1.807, 2.05) is 13.0 Å². The van der Waals surface area contributed by atoms with Gasteiger partial charge in [0.05, 0.1) is 4.90 Å². The molecule has 0 bridgehead atoms. The van der Waals surface area contributed by atoms with Crippen molar-refractivity contribution in [2.24, 2.45) is 0 Å². The van der Waals surface area contributed by atoms with Crippen molar-refractivity contribution in [1.29, 1.82) is 0 Å². The van der Waals surface area contributed by atoms with Crippen LogP contribution in [0.4, 0.5) is 0 Å². The van der Waals surface area contributed by atoms with Gasteiger partial charge in [-0.25, -0.2) is 13.4 Å². The average Bonchev–Trinajstić information content (AvgIpc) is 2.32. The fraction of sp³-hybridized carbons (Fsp3) is 0.0833. The van der Waals surface area contributed by atoms with Crippen molar-refractivity contribution in [3.8, 4) is 11.6 Å². The molecule has 0 saturated carbocycles. The summed E-state index contributed by atoms with van der Waals surface area (Å²) in [7, 11) is 1.51. The number of halogens is 1. The Kier molecular flexibility index (Phi) is 3.54. The molecule has 0 N–H and O–H groups in total. The van der Waals surface area contributed by atoms with Gasteiger partial charge in [-0.05, 0) is 36.8 Å². The van der Waals surface area contributed by atoms with Crippen molar-refractivity contribution in [2.75, 3.05) is 0 Å². The van der Waals surface area contributed by atoms with Crippen LogP contribution in [0.25, 0.3) is 0 Å². The van der Waals surface area contributed by atoms with Crippen molar-refractivity contribution >= 4 is 19.7 Å². The molecule has 0 aliphatic heterocycles. The summed E-state index contributed by atoms with van der Waals surface area (Å²) in [6, 6.07) is 9.42. The Labute approximate surface area is 110 Å². The Morgan fingerprint density at radius 1 is 1.11 bits per heavy atom. The number of ether oxygens (including phenoxy) is 1. The maximum Gasteiger partial charge on any atom is 0.261 e. The van der Waals surface area contributed by atoms with Crippen molar-refractivity contribution in [1.82, 2.24) is 4.98 Å². The quantitative estimate of drug-likeness (QED) is 0.812. The second-order valence-electron chi connectivity index (χ2n) is 3.69. The molecule has 1 heterocycles. The molecule has 18 heavy (non-hydrogen) atoms. The summed E-state index contributed by atoms with van der Waals surface area (Å²) in [6.07, 6.45) is 1.69. The molecule has 1 aromatic heterocycles.